The smallest absolute Gasteiger partial charge is 0.244 e. The van der Waals surface area contributed by atoms with Crippen molar-refractivity contribution in [2.24, 2.45) is 0 Å². The van der Waals surface area contributed by atoms with Crippen molar-refractivity contribution in [3.8, 4) is 5.75 Å². The van der Waals surface area contributed by atoms with Gasteiger partial charge in [-0.1, -0.05) is 12.1 Å². The first-order chi connectivity index (χ1) is 9.61. The number of fused-ring (bicyclic) bond motifs is 1. The molecule has 1 aromatic carbocycles. The number of rotatable bonds is 2. The fourth-order valence-corrected chi connectivity index (χ4v) is 2.91. The van der Waals surface area contributed by atoms with Gasteiger partial charge in [-0.25, -0.2) is 0 Å². The van der Waals surface area contributed by atoms with E-state index in [4.69, 9.17) is 4.74 Å². The molecule has 6 heteroatoms. The number of amides is 2. The highest BCUT2D eigenvalue weighted by molar-refractivity contribution is 6.00. The molecule has 0 aromatic heterocycles. The van der Waals surface area contributed by atoms with Gasteiger partial charge in [-0.15, -0.1) is 0 Å². The predicted molar refractivity (Wildman–Crippen MR) is 69.7 cm³/mol. The zero-order chi connectivity index (χ0) is 14.3. The van der Waals surface area contributed by atoms with Gasteiger partial charge in [0.05, 0.1) is 13.2 Å². The molecule has 0 saturated carbocycles. The Kier molecular flexibility index (Phi) is 3.19. The number of nitrogens with one attached hydrogen (secondary N) is 1. The van der Waals surface area contributed by atoms with Crippen LogP contribution >= 0.6 is 0 Å². The van der Waals surface area contributed by atoms with Gasteiger partial charge in [0, 0.05) is 24.1 Å². The summed E-state index contributed by atoms with van der Waals surface area (Å²) in [5.74, 6) is 0.110. The van der Waals surface area contributed by atoms with Crippen molar-refractivity contribution in [3.05, 3.63) is 29.3 Å². The van der Waals surface area contributed by atoms with Crippen molar-refractivity contribution in [1.82, 2.24) is 10.2 Å². The molecule has 0 radical (unpaired) electrons. The SMILES string of the molecule is COc1cccc2c1CN(C1CCC(=O)NC1=O)C2O. The second-order valence-electron chi connectivity index (χ2n) is 5.04. The highest BCUT2D eigenvalue weighted by Gasteiger charge is 2.40. The molecule has 0 spiro atoms. The van der Waals surface area contributed by atoms with Gasteiger partial charge < -0.3 is 9.84 Å². The van der Waals surface area contributed by atoms with Crippen LogP contribution in [0.4, 0.5) is 0 Å². The second-order valence-corrected chi connectivity index (χ2v) is 5.04. The number of aliphatic hydroxyl groups excluding tert-OH is 1. The summed E-state index contributed by atoms with van der Waals surface area (Å²) in [6.07, 6.45) is -0.116. The molecule has 20 heavy (non-hydrogen) atoms. The minimum atomic E-state index is -0.843. The van der Waals surface area contributed by atoms with E-state index in [1.54, 1.807) is 12.0 Å². The molecule has 3 rings (SSSR count). The Labute approximate surface area is 116 Å². The Morgan fingerprint density at radius 3 is 2.90 bits per heavy atom. The minimum absolute atomic E-state index is 0.255. The van der Waals surface area contributed by atoms with E-state index >= 15 is 0 Å². The Balaban J connectivity index is 1.88. The number of carbonyl (C=O) groups excluding carboxylic acids is 2. The quantitative estimate of drug-likeness (QED) is 0.760. The third kappa shape index (κ3) is 1.97. The zero-order valence-corrected chi connectivity index (χ0v) is 11.1. The van der Waals surface area contributed by atoms with E-state index in [0.29, 0.717) is 25.1 Å². The highest BCUT2D eigenvalue weighted by Crippen LogP contribution is 2.39. The van der Waals surface area contributed by atoms with Gasteiger partial charge in [0.15, 0.2) is 0 Å². The molecule has 2 amide bonds. The first-order valence-corrected chi connectivity index (χ1v) is 6.55. The van der Waals surface area contributed by atoms with Crippen LogP contribution in [0.25, 0.3) is 0 Å². The topological polar surface area (TPSA) is 78.9 Å². The molecule has 106 valence electrons. The largest absolute Gasteiger partial charge is 0.496 e. The summed E-state index contributed by atoms with van der Waals surface area (Å²) >= 11 is 0. The number of imide groups is 1. The molecule has 1 fully saturated rings. The lowest BCUT2D eigenvalue weighted by Crippen LogP contribution is -2.51. The minimum Gasteiger partial charge on any atom is -0.496 e. The summed E-state index contributed by atoms with van der Waals surface area (Å²) in [6, 6.07) is 4.99. The van der Waals surface area contributed by atoms with E-state index in [1.807, 2.05) is 18.2 Å². The lowest BCUT2D eigenvalue weighted by Gasteiger charge is -2.31. The van der Waals surface area contributed by atoms with Gasteiger partial charge in [0.2, 0.25) is 11.8 Å². The van der Waals surface area contributed by atoms with Gasteiger partial charge >= 0.3 is 0 Å². The van der Waals surface area contributed by atoms with Crippen LogP contribution in [0.3, 0.4) is 0 Å². The Morgan fingerprint density at radius 2 is 2.20 bits per heavy atom. The van der Waals surface area contributed by atoms with Crippen LogP contribution in [0.15, 0.2) is 18.2 Å². The second kappa shape index (κ2) is 4.88. The van der Waals surface area contributed by atoms with E-state index in [2.05, 4.69) is 5.32 Å². The Bertz CT molecular complexity index is 572. The summed E-state index contributed by atoms with van der Waals surface area (Å²) < 4.78 is 5.29. The van der Waals surface area contributed by atoms with E-state index in [0.717, 1.165) is 11.1 Å². The van der Waals surface area contributed by atoms with Crippen molar-refractivity contribution in [3.63, 3.8) is 0 Å². The zero-order valence-electron chi connectivity index (χ0n) is 11.1. The normalized spacial score (nSPS) is 26.3. The van der Waals surface area contributed by atoms with E-state index in [9.17, 15) is 14.7 Å². The molecule has 2 heterocycles. The molecule has 2 aliphatic heterocycles. The third-order valence-corrected chi connectivity index (χ3v) is 3.93. The molecule has 1 saturated heterocycles. The lowest BCUT2D eigenvalue weighted by molar-refractivity contribution is -0.141. The number of piperidine rings is 1. The van der Waals surface area contributed by atoms with Gasteiger partial charge in [0.25, 0.3) is 0 Å². The maximum Gasteiger partial charge on any atom is 0.244 e. The van der Waals surface area contributed by atoms with Crippen molar-refractivity contribution < 1.29 is 19.4 Å². The average molecular weight is 276 g/mol. The molecule has 2 atom stereocenters. The number of hydrogen-bond donors (Lipinski definition) is 2. The molecule has 6 nitrogen and oxygen atoms in total. The van der Waals surface area contributed by atoms with E-state index < -0.39 is 12.3 Å². The van der Waals surface area contributed by atoms with Crippen LogP contribution in [0.1, 0.15) is 30.2 Å². The summed E-state index contributed by atoms with van der Waals surface area (Å²) in [4.78, 5) is 24.8. The molecule has 0 aliphatic carbocycles. The van der Waals surface area contributed by atoms with Crippen LogP contribution in [0.2, 0.25) is 0 Å². The Morgan fingerprint density at radius 1 is 1.40 bits per heavy atom. The Hall–Kier alpha value is -1.92. The average Bonchev–Trinajstić information content (AvgIpc) is 2.76. The number of aliphatic hydroxyl groups is 1. The molecule has 2 unspecified atom stereocenters. The summed E-state index contributed by atoms with van der Waals surface area (Å²) in [5, 5.41) is 12.7. The molecule has 2 N–H and O–H groups in total. The standard InChI is InChI=1S/C14H16N2O4/c1-20-11-4-2-3-8-9(11)7-16(14(8)19)10-5-6-12(17)15-13(10)18/h2-4,10,14,19H,5-7H2,1H3,(H,15,17,18). The predicted octanol–water partition coefficient (Wildman–Crippen LogP) is 0.307. The number of benzene rings is 1. The number of methoxy groups -OCH3 is 1. The van der Waals surface area contributed by atoms with Crippen LogP contribution in [0, 0.1) is 0 Å². The molecular weight excluding hydrogens is 260 g/mol. The van der Waals surface area contributed by atoms with Gasteiger partial charge in [-0.05, 0) is 12.5 Å². The molecule has 1 aromatic rings. The van der Waals surface area contributed by atoms with Crippen molar-refractivity contribution in [2.45, 2.75) is 31.7 Å². The highest BCUT2D eigenvalue weighted by atomic mass is 16.5. The summed E-state index contributed by atoms with van der Waals surface area (Å²) in [6.45, 7) is 0.437. The van der Waals surface area contributed by atoms with Crippen LogP contribution in [0.5, 0.6) is 5.75 Å². The fourth-order valence-electron chi connectivity index (χ4n) is 2.91. The fraction of sp³-hybridized carbons (Fsp3) is 0.429. The van der Waals surface area contributed by atoms with Gasteiger partial charge in [-0.2, -0.15) is 0 Å². The van der Waals surface area contributed by atoms with Crippen molar-refractivity contribution in [1.29, 1.82) is 0 Å². The van der Waals surface area contributed by atoms with Crippen molar-refractivity contribution in [2.75, 3.05) is 7.11 Å². The van der Waals surface area contributed by atoms with Crippen LogP contribution in [-0.2, 0) is 16.1 Å². The maximum absolute atomic E-state index is 11.9. The van der Waals surface area contributed by atoms with Crippen LogP contribution < -0.4 is 10.1 Å². The molecule has 0 bridgehead atoms. The van der Waals surface area contributed by atoms with Gasteiger partial charge in [-0.3, -0.25) is 19.8 Å². The van der Waals surface area contributed by atoms with E-state index in [1.165, 1.54) is 0 Å². The number of hydrogen-bond acceptors (Lipinski definition) is 5. The van der Waals surface area contributed by atoms with Crippen LogP contribution in [-0.4, -0.2) is 35.0 Å². The number of nitrogens with zero attached hydrogens (tertiary/aromatic N) is 1. The molecular formula is C14H16N2O4. The first kappa shape index (κ1) is 13.1. The number of ether oxygens (including phenoxy) is 1. The summed E-state index contributed by atoms with van der Waals surface area (Å²) in [5.41, 5.74) is 1.65. The monoisotopic (exact) mass is 276 g/mol. The first-order valence-electron chi connectivity index (χ1n) is 6.55. The maximum atomic E-state index is 11.9. The number of carbonyl (C=O) groups is 2. The van der Waals surface area contributed by atoms with Gasteiger partial charge in [0.1, 0.15) is 12.0 Å². The lowest BCUT2D eigenvalue weighted by atomic mass is 10.0. The van der Waals surface area contributed by atoms with Crippen molar-refractivity contribution >= 4 is 11.8 Å². The van der Waals surface area contributed by atoms with E-state index in [-0.39, 0.29) is 11.8 Å². The third-order valence-electron chi connectivity index (χ3n) is 3.93. The molecule has 2 aliphatic rings. The summed E-state index contributed by atoms with van der Waals surface area (Å²) in [7, 11) is 1.58.